The molecule has 27 heavy (non-hydrogen) atoms. The summed E-state index contributed by atoms with van der Waals surface area (Å²) >= 11 is 0. The smallest absolute Gasteiger partial charge is 0.181 e. The van der Waals surface area contributed by atoms with E-state index in [1.807, 2.05) is 18.2 Å². The lowest BCUT2D eigenvalue weighted by Gasteiger charge is -2.30. The Morgan fingerprint density at radius 1 is 0.815 bits per heavy atom. The van der Waals surface area contributed by atoms with Crippen LogP contribution in [0.1, 0.15) is 23.1 Å². The van der Waals surface area contributed by atoms with Crippen LogP contribution in [0.2, 0.25) is 0 Å². The third kappa shape index (κ3) is 2.88. The summed E-state index contributed by atoms with van der Waals surface area (Å²) in [5, 5.41) is 0. The Bertz CT molecular complexity index is 1060. The first-order valence-electron chi connectivity index (χ1n) is 9.35. The molecule has 2 heteroatoms. The second-order valence-electron chi connectivity index (χ2n) is 7.24. The van der Waals surface area contributed by atoms with E-state index >= 15 is 0 Å². The maximum atomic E-state index is 6.58. The van der Waals surface area contributed by atoms with Gasteiger partial charge in [0.25, 0.3) is 0 Å². The van der Waals surface area contributed by atoms with E-state index in [-0.39, 0.29) is 0 Å². The molecule has 0 amide bonds. The molecule has 0 saturated heterocycles. The van der Waals surface area contributed by atoms with Gasteiger partial charge in [0.2, 0.25) is 0 Å². The highest BCUT2D eigenvalue weighted by Gasteiger charge is 2.29. The first kappa shape index (κ1) is 16.1. The van der Waals surface area contributed by atoms with E-state index in [9.17, 15) is 0 Å². The van der Waals surface area contributed by atoms with Crippen LogP contribution in [0, 0.1) is 0 Å². The maximum absolute atomic E-state index is 6.58. The van der Waals surface area contributed by atoms with Gasteiger partial charge in [0, 0.05) is 18.4 Å². The molecule has 2 N–H and O–H groups in total. The molecule has 132 valence electrons. The van der Waals surface area contributed by atoms with E-state index < -0.39 is 5.72 Å². The highest BCUT2D eigenvalue weighted by molar-refractivity contribution is 5.79. The largest absolute Gasteiger partial charge is 0.469 e. The van der Waals surface area contributed by atoms with Crippen molar-refractivity contribution in [2.24, 2.45) is 5.73 Å². The quantitative estimate of drug-likeness (QED) is 0.506. The van der Waals surface area contributed by atoms with Crippen molar-refractivity contribution in [3.63, 3.8) is 0 Å². The van der Waals surface area contributed by atoms with Crippen molar-refractivity contribution < 1.29 is 4.74 Å². The number of hydrogen-bond donors (Lipinski definition) is 1. The third-order valence-electron chi connectivity index (χ3n) is 5.40. The predicted molar refractivity (Wildman–Crippen MR) is 110 cm³/mol. The Labute approximate surface area is 159 Å². The predicted octanol–water partition coefficient (Wildman–Crippen LogP) is 5.34. The molecule has 5 rings (SSSR count). The number of hydrogen-bond acceptors (Lipinski definition) is 2. The number of nitrogens with two attached hydrogens (primary N) is 1. The summed E-state index contributed by atoms with van der Waals surface area (Å²) in [6.45, 7) is 0. The fourth-order valence-electron chi connectivity index (χ4n) is 3.99. The molecule has 0 heterocycles. The molecular weight excluding hydrogens is 330 g/mol. The van der Waals surface area contributed by atoms with Crippen LogP contribution in [0.5, 0.6) is 5.75 Å². The van der Waals surface area contributed by atoms with Gasteiger partial charge in [-0.15, -0.1) is 0 Å². The molecule has 2 aliphatic carbocycles. The van der Waals surface area contributed by atoms with Crippen LogP contribution in [0.4, 0.5) is 0 Å². The minimum atomic E-state index is -0.817. The fourth-order valence-corrected chi connectivity index (χ4v) is 3.99. The second-order valence-corrected chi connectivity index (χ2v) is 7.24. The van der Waals surface area contributed by atoms with Crippen LogP contribution in [-0.2, 0) is 6.42 Å². The zero-order chi connectivity index (χ0) is 18.3. The molecular formula is C25H21NO. The number of ether oxygens (including phenoxy) is 1. The van der Waals surface area contributed by atoms with Gasteiger partial charge < -0.3 is 4.74 Å². The SMILES string of the molecule is NC1(Oc2cccc3c2Cc2ccccc2-3)C=CC(c2ccccc2)=CC1. The maximum Gasteiger partial charge on any atom is 0.181 e. The average molecular weight is 351 g/mol. The van der Waals surface area contributed by atoms with Gasteiger partial charge in [-0.3, -0.25) is 5.73 Å². The Kier molecular flexibility index (Phi) is 3.73. The van der Waals surface area contributed by atoms with E-state index in [2.05, 4.69) is 72.8 Å². The molecule has 1 unspecified atom stereocenters. The lowest BCUT2D eigenvalue weighted by Crippen LogP contribution is -2.44. The number of allylic oxidation sites excluding steroid dienone is 2. The van der Waals surface area contributed by atoms with Crippen LogP contribution in [0.15, 0.2) is 91.0 Å². The van der Waals surface area contributed by atoms with Gasteiger partial charge >= 0.3 is 0 Å². The van der Waals surface area contributed by atoms with E-state index in [1.165, 1.54) is 33.4 Å². The molecule has 2 aliphatic rings. The summed E-state index contributed by atoms with van der Waals surface area (Å²) in [6, 6.07) is 25.2. The summed E-state index contributed by atoms with van der Waals surface area (Å²) in [5.74, 6) is 0.882. The molecule has 0 aliphatic heterocycles. The molecule has 0 bridgehead atoms. The lowest BCUT2D eigenvalue weighted by molar-refractivity contribution is 0.128. The molecule has 1 atom stereocenters. The van der Waals surface area contributed by atoms with Crippen LogP contribution < -0.4 is 10.5 Å². The van der Waals surface area contributed by atoms with Gasteiger partial charge in [-0.2, -0.15) is 0 Å². The van der Waals surface area contributed by atoms with Crippen LogP contribution in [0.3, 0.4) is 0 Å². The van der Waals surface area contributed by atoms with Crippen molar-refractivity contribution in [3.05, 3.63) is 108 Å². The van der Waals surface area contributed by atoms with E-state index in [0.29, 0.717) is 6.42 Å². The van der Waals surface area contributed by atoms with Crippen LogP contribution in [0.25, 0.3) is 16.7 Å². The molecule has 0 aromatic heterocycles. The molecule has 0 spiro atoms. The molecule has 0 fully saturated rings. The molecule has 3 aromatic rings. The number of fused-ring (bicyclic) bond motifs is 3. The van der Waals surface area contributed by atoms with Gasteiger partial charge in [0.15, 0.2) is 5.72 Å². The molecule has 2 nitrogen and oxygen atoms in total. The number of rotatable bonds is 3. The fraction of sp³-hybridized carbons (Fsp3) is 0.120. The molecule has 0 saturated carbocycles. The summed E-state index contributed by atoms with van der Waals surface area (Å²) in [6.07, 6.45) is 7.75. The van der Waals surface area contributed by atoms with Crippen molar-refractivity contribution in [1.82, 2.24) is 0 Å². The number of benzene rings is 3. The minimum absolute atomic E-state index is 0.643. The first-order chi connectivity index (χ1) is 13.2. The van der Waals surface area contributed by atoms with Crippen LogP contribution >= 0.6 is 0 Å². The first-order valence-corrected chi connectivity index (χ1v) is 9.35. The van der Waals surface area contributed by atoms with Gasteiger partial charge in [-0.05, 0) is 40.0 Å². The Balaban J connectivity index is 1.41. The third-order valence-corrected chi connectivity index (χ3v) is 5.40. The van der Waals surface area contributed by atoms with Gasteiger partial charge in [-0.25, -0.2) is 0 Å². The van der Waals surface area contributed by atoms with Crippen molar-refractivity contribution in [3.8, 4) is 16.9 Å². The Morgan fingerprint density at radius 3 is 2.41 bits per heavy atom. The highest BCUT2D eigenvalue weighted by atomic mass is 16.5. The highest BCUT2D eigenvalue weighted by Crippen LogP contribution is 2.42. The summed E-state index contributed by atoms with van der Waals surface area (Å²) < 4.78 is 6.35. The molecule has 0 radical (unpaired) electrons. The Morgan fingerprint density at radius 2 is 1.59 bits per heavy atom. The minimum Gasteiger partial charge on any atom is -0.469 e. The zero-order valence-corrected chi connectivity index (χ0v) is 15.1. The summed E-state index contributed by atoms with van der Waals surface area (Å²) in [7, 11) is 0. The lowest BCUT2D eigenvalue weighted by atomic mass is 9.95. The topological polar surface area (TPSA) is 35.2 Å². The van der Waals surface area contributed by atoms with Gasteiger partial charge in [0.1, 0.15) is 5.75 Å². The van der Waals surface area contributed by atoms with E-state index in [0.717, 1.165) is 12.2 Å². The van der Waals surface area contributed by atoms with Gasteiger partial charge in [0.05, 0.1) is 0 Å². The Hall–Kier alpha value is -3.10. The second kappa shape index (κ2) is 6.26. The van der Waals surface area contributed by atoms with Gasteiger partial charge in [-0.1, -0.05) is 78.9 Å². The zero-order valence-electron chi connectivity index (χ0n) is 15.1. The normalized spacial score (nSPS) is 20.0. The van der Waals surface area contributed by atoms with Crippen molar-refractivity contribution in [2.75, 3.05) is 0 Å². The summed E-state index contributed by atoms with van der Waals surface area (Å²) in [5.41, 5.74) is 13.3. The molecule has 3 aromatic carbocycles. The van der Waals surface area contributed by atoms with E-state index in [4.69, 9.17) is 10.5 Å². The van der Waals surface area contributed by atoms with Crippen molar-refractivity contribution in [1.29, 1.82) is 0 Å². The van der Waals surface area contributed by atoms with Crippen molar-refractivity contribution >= 4 is 5.57 Å². The summed E-state index contributed by atoms with van der Waals surface area (Å²) in [4.78, 5) is 0. The monoisotopic (exact) mass is 351 g/mol. The van der Waals surface area contributed by atoms with Crippen LogP contribution in [-0.4, -0.2) is 5.72 Å². The van der Waals surface area contributed by atoms with E-state index in [1.54, 1.807) is 0 Å². The van der Waals surface area contributed by atoms with Crippen molar-refractivity contribution in [2.45, 2.75) is 18.6 Å². The standard InChI is InChI=1S/C25H21NO/c26-25(15-13-19(14-16-25)18-7-2-1-3-8-18)27-24-12-6-11-22-21-10-5-4-9-20(21)17-23(22)24/h1-15H,16-17,26H2. The average Bonchev–Trinajstić information content (AvgIpc) is 3.09.